The lowest BCUT2D eigenvalue weighted by molar-refractivity contribution is 0.241. The van der Waals surface area contributed by atoms with Crippen molar-refractivity contribution in [1.82, 2.24) is 0 Å². The van der Waals surface area contributed by atoms with Crippen LogP contribution in [0, 0.1) is 5.41 Å². The molecule has 0 heterocycles. The molecular weight excluding hydrogens is 234 g/mol. The monoisotopic (exact) mass is 259 g/mol. The second-order valence-corrected chi connectivity index (χ2v) is 6.56. The summed E-state index contributed by atoms with van der Waals surface area (Å²) in [4.78, 5) is 0. The highest BCUT2D eigenvalue weighted by Gasteiger charge is 2.28. The van der Waals surface area contributed by atoms with Crippen LogP contribution in [0.5, 0.6) is 5.75 Å². The van der Waals surface area contributed by atoms with Gasteiger partial charge in [-0.05, 0) is 43.7 Å². The van der Waals surface area contributed by atoms with E-state index in [4.69, 9.17) is 10.5 Å². The molecule has 2 rings (SSSR count). The maximum absolute atomic E-state index is 6.17. The number of benzene rings is 1. The Labute approximate surface area is 116 Å². The topological polar surface area (TPSA) is 35.2 Å². The van der Waals surface area contributed by atoms with Gasteiger partial charge in [0, 0.05) is 11.6 Å². The molecule has 19 heavy (non-hydrogen) atoms. The van der Waals surface area contributed by atoms with Gasteiger partial charge in [-0.3, -0.25) is 0 Å². The number of rotatable bonds is 3. The minimum atomic E-state index is 0.144. The Kier molecular flexibility index (Phi) is 4.00. The Hall–Kier alpha value is -1.28. The fourth-order valence-electron chi connectivity index (χ4n) is 2.88. The Morgan fingerprint density at radius 3 is 2.58 bits per heavy atom. The lowest BCUT2D eigenvalue weighted by Gasteiger charge is -2.33. The molecule has 1 unspecified atom stereocenters. The highest BCUT2D eigenvalue weighted by atomic mass is 16.5. The van der Waals surface area contributed by atoms with Crippen molar-refractivity contribution in [3.8, 4) is 5.75 Å². The van der Waals surface area contributed by atoms with Crippen LogP contribution >= 0.6 is 0 Å². The van der Waals surface area contributed by atoms with Gasteiger partial charge in [0.25, 0.3) is 0 Å². The lowest BCUT2D eigenvalue weighted by atomic mass is 9.74. The van der Waals surface area contributed by atoms with Gasteiger partial charge in [0.2, 0.25) is 0 Å². The standard InChI is InChI=1S/C17H25NO/c1-12(2)19-16-8-6-5-7-15(16)13-9-14(18)11-17(3,4)10-13/h5-9,12,14H,10-11,18H2,1-4H3. The quantitative estimate of drug-likeness (QED) is 0.890. The van der Waals surface area contributed by atoms with Gasteiger partial charge < -0.3 is 10.5 Å². The molecule has 0 aromatic heterocycles. The smallest absolute Gasteiger partial charge is 0.127 e. The van der Waals surface area contributed by atoms with Crippen LogP contribution in [0.15, 0.2) is 30.3 Å². The minimum absolute atomic E-state index is 0.144. The third-order valence-electron chi connectivity index (χ3n) is 3.47. The average molecular weight is 259 g/mol. The second-order valence-electron chi connectivity index (χ2n) is 6.56. The SMILES string of the molecule is CC(C)Oc1ccccc1C1=CC(N)CC(C)(C)C1. The summed E-state index contributed by atoms with van der Waals surface area (Å²) < 4.78 is 5.92. The van der Waals surface area contributed by atoms with Gasteiger partial charge in [-0.2, -0.15) is 0 Å². The molecule has 1 aromatic rings. The van der Waals surface area contributed by atoms with Crippen LogP contribution in [-0.4, -0.2) is 12.1 Å². The maximum atomic E-state index is 6.17. The van der Waals surface area contributed by atoms with Crippen LogP contribution in [0.2, 0.25) is 0 Å². The van der Waals surface area contributed by atoms with E-state index in [0.29, 0.717) is 0 Å². The van der Waals surface area contributed by atoms with Gasteiger partial charge in [-0.1, -0.05) is 38.1 Å². The maximum Gasteiger partial charge on any atom is 0.127 e. The van der Waals surface area contributed by atoms with Crippen LogP contribution in [0.25, 0.3) is 5.57 Å². The zero-order chi connectivity index (χ0) is 14.0. The van der Waals surface area contributed by atoms with E-state index < -0.39 is 0 Å². The van der Waals surface area contributed by atoms with E-state index >= 15 is 0 Å². The van der Waals surface area contributed by atoms with Crippen LogP contribution in [0.3, 0.4) is 0 Å². The number of hydrogen-bond donors (Lipinski definition) is 1. The number of nitrogens with two attached hydrogens (primary N) is 1. The van der Waals surface area contributed by atoms with Gasteiger partial charge in [0.15, 0.2) is 0 Å². The fraction of sp³-hybridized carbons (Fsp3) is 0.529. The molecule has 2 heteroatoms. The molecule has 1 aromatic carbocycles. The largest absolute Gasteiger partial charge is 0.490 e. The molecule has 0 spiro atoms. The van der Waals surface area contributed by atoms with Crippen LogP contribution in [0.4, 0.5) is 0 Å². The molecule has 1 aliphatic carbocycles. The summed E-state index contributed by atoms with van der Waals surface area (Å²) in [6.07, 6.45) is 4.49. The number of allylic oxidation sites excluding steroid dienone is 1. The van der Waals surface area contributed by atoms with E-state index in [1.165, 1.54) is 11.1 Å². The summed E-state index contributed by atoms with van der Waals surface area (Å²) in [6.45, 7) is 8.68. The van der Waals surface area contributed by atoms with Gasteiger partial charge in [0.1, 0.15) is 5.75 Å². The van der Waals surface area contributed by atoms with Gasteiger partial charge >= 0.3 is 0 Å². The Morgan fingerprint density at radius 1 is 1.26 bits per heavy atom. The summed E-state index contributed by atoms with van der Waals surface area (Å²) in [5.74, 6) is 0.966. The summed E-state index contributed by atoms with van der Waals surface area (Å²) in [5, 5.41) is 0. The summed E-state index contributed by atoms with van der Waals surface area (Å²) in [5.41, 5.74) is 8.94. The number of ether oxygens (including phenoxy) is 1. The van der Waals surface area contributed by atoms with Gasteiger partial charge in [0.05, 0.1) is 6.10 Å². The van der Waals surface area contributed by atoms with Crippen LogP contribution in [-0.2, 0) is 0 Å². The number of hydrogen-bond acceptors (Lipinski definition) is 2. The molecule has 0 saturated heterocycles. The van der Waals surface area contributed by atoms with Crippen LogP contribution < -0.4 is 10.5 Å². The van der Waals surface area contributed by atoms with E-state index in [-0.39, 0.29) is 17.6 Å². The first kappa shape index (κ1) is 14.1. The first-order chi connectivity index (χ1) is 8.87. The second kappa shape index (κ2) is 5.38. The van der Waals surface area contributed by atoms with Crippen molar-refractivity contribution >= 4 is 5.57 Å². The van der Waals surface area contributed by atoms with E-state index in [1.54, 1.807) is 0 Å². The first-order valence-corrected chi connectivity index (χ1v) is 7.10. The highest BCUT2D eigenvalue weighted by molar-refractivity contribution is 5.72. The molecule has 0 amide bonds. The third kappa shape index (κ3) is 3.60. The Balaban J connectivity index is 2.36. The van der Waals surface area contributed by atoms with Crippen molar-refractivity contribution in [1.29, 1.82) is 0 Å². The zero-order valence-electron chi connectivity index (χ0n) is 12.4. The number of para-hydroxylation sites is 1. The van der Waals surface area contributed by atoms with Crippen molar-refractivity contribution in [3.05, 3.63) is 35.9 Å². The van der Waals surface area contributed by atoms with E-state index in [0.717, 1.165) is 18.6 Å². The zero-order valence-corrected chi connectivity index (χ0v) is 12.4. The third-order valence-corrected chi connectivity index (χ3v) is 3.47. The van der Waals surface area contributed by atoms with Gasteiger partial charge in [-0.25, -0.2) is 0 Å². The summed E-state index contributed by atoms with van der Waals surface area (Å²) in [7, 11) is 0. The highest BCUT2D eigenvalue weighted by Crippen LogP contribution is 2.41. The molecule has 1 aliphatic rings. The molecule has 0 saturated carbocycles. The molecule has 2 N–H and O–H groups in total. The molecule has 0 bridgehead atoms. The van der Waals surface area contributed by atoms with Crippen LogP contribution in [0.1, 0.15) is 46.1 Å². The molecule has 0 aliphatic heterocycles. The van der Waals surface area contributed by atoms with E-state index in [1.807, 2.05) is 12.1 Å². The summed E-state index contributed by atoms with van der Waals surface area (Å²) >= 11 is 0. The molecule has 0 fully saturated rings. The van der Waals surface area contributed by atoms with Crippen molar-refractivity contribution in [2.24, 2.45) is 11.1 Å². The molecule has 2 nitrogen and oxygen atoms in total. The Morgan fingerprint density at radius 2 is 1.95 bits per heavy atom. The van der Waals surface area contributed by atoms with Gasteiger partial charge in [-0.15, -0.1) is 0 Å². The van der Waals surface area contributed by atoms with Crippen molar-refractivity contribution < 1.29 is 4.74 Å². The lowest BCUT2D eigenvalue weighted by Crippen LogP contribution is -2.30. The molecule has 1 atom stereocenters. The first-order valence-electron chi connectivity index (χ1n) is 7.10. The normalized spacial score (nSPS) is 22.2. The molecule has 0 radical (unpaired) electrons. The summed E-state index contributed by atoms with van der Waals surface area (Å²) in [6, 6.07) is 8.42. The molecular formula is C17H25NO. The predicted molar refractivity (Wildman–Crippen MR) is 81.2 cm³/mol. The average Bonchev–Trinajstić information content (AvgIpc) is 2.26. The Bertz CT molecular complexity index is 474. The van der Waals surface area contributed by atoms with Crippen molar-refractivity contribution in [3.63, 3.8) is 0 Å². The van der Waals surface area contributed by atoms with E-state index in [2.05, 4.69) is 45.9 Å². The van der Waals surface area contributed by atoms with E-state index in [9.17, 15) is 0 Å². The fourth-order valence-corrected chi connectivity index (χ4v) is 2.88. The minimum Gasteiger partial charge on any atom is -0.490 e. The molecule has 104 valence electrons. The van der Waals surface area contributed by atoms with Crippen molar-refractivity contribution in [2.75, 3.05) is 0 Å². The predicted octanol–water partition coefficient (Wildman–Crippen LogP) is 4.00. The van der Waals surface area contributed by atoms with Crippen molar-refractivity contribution in [2.45, 2.75) is 52.7 Å².